The quantitative estimate of drug-likeness (QED) is 0.650. The zero-order valence-corrected chi connectivity index (χ0v) is 11.1. The first-order valence-electron chi connectivity index (χ1n) is 4.36. The first-order chi connectivity index (χ1) is 8.00. The summed E-state index contributed by atoms with van der Waals surface area (Å²) in [7, 11) is 0. The number of amides is 1. The van der Waals surface area contributed by atoms with Crippen LogP contribution in [-0.4, -0.2) is 20.9 Å². The van der Waals surface area contributed by atoms with Gasteiger partial charge in [-0.2, -0.15) is 0 Å². The molecule has 2 N–H and O–H groups in total. The Morgan fingerprint density at radius 3 is 2.82 bits per heavy atom. The monoisotopic (exact) mass is 366 g/mol. The molecule has 2 rings (SSSR count). The molecule has 0 radical (unpaired) electrons. The number of hydrogen-bond donors (Lipinski definition) is 1. The lowest BCUT2D eigenvalue weighted by atomic mass is 10.3. The average molecular weight is 367 g/mol. The van der Waals surface area contributed by atoms with E-state index in [4.69, 9.17) is 17.3 Å². The van der Waals surface area contributed by atoms with Crippen molar-refractivity contribution in [1.82, 2.24) is 15.0 Å². The zero-order chi connectivity index (χ0) is 12.6. The molecule has 1 aromatic carbocycles. The smallest absolute Gasteiger partial charge is 0.270 e. The molecule has 17 heavy (non-hydrogen) atoms. The van der Waals surface area contributed by atoms with Crippen LogP contribution in [0.3, 0.4) is 0 Å². The number of nitrogens with two attached hydrogens (primary N) is 1. The lowest BCUT2D eigenvalue weighted by Crippen LogP contribution is -2.11. The van der Waals surface area contributed by atoms with Gasteiger partial charge in [0.05, 0.1) is 20.5 Å². The van der Waals surface area contributed by atoms with Crippen LogP contribution in [0.4, 0.5) is 4.39 Å². The fraction of sp³-hybridized carbons (Fsp3) is 0. The van der Waals surface area contributed by atoms with Gasteiger partial charge in [-0.05, 0) is 34.7 Å². The van der Waals surface area contributed by atoms with Crippen molar-refractivity contribution >= 4 is 40.1 Å². The van der Waals surface area contributed by atoms with Crippen LogP contribution in [0.2, 0.25) is 5.02 Å². The van der Waals surface area contributed by atoms with Crippen molar-refractivity contribution in [3.8, 4) is 5.69 Å². The number of carbonyl (C=O) groups excluding carboxylic acids is 1. The van der Waals surface area contributed by atoms with Crippen LogP contribution in [0.5, 0.6) is 0 Å². The van der Waals surface area contributed by atoms with Crippen LogP contribution >= 0.6 is 34.2 Å². The van der Waals surface area contributed by atoms with Crippen LogP contribution in [0.15, 0.2) is 18.3 Å². The molecule has 1 amide bonds. The highest BCUT2D eigenvalue weighted by Gasteiger charge is 2.14. The lowest BCUT2D eigenvalue weighted by molar-refractivity contribution is 0.0995. The van der Waals surface area contributed by atoms with Gasteiger partial charge in [0.1, 0.15) is 0 Å². The first kappa shape index (κ1) is 12.2. The first-order valence-corrected chi connectivity index (χ1v) is 5.82. The van der Waals surface area contributed by atoms with Crippen molar-refractivity contribution in [2.75, 3.05) is 0 Å². The minimum absolute atomic E-state index is 0.0103. The molecule has 0 atom stereocenters. The molecule has 0 fully saturated rings. The second-order valence-corrected chi connectivity index (χ2v) is 4.59. The number of carbonyl (C=O) groups is 1. The number of hydrogen-bond acceptors (Lipinski definition) is 3. The second kappa shape index (κ2) is 4.57. The van der Waals surface area contributed by atoms with E-state index in [1.54, 1.807) is 28.7 Å². The Bertz CT molecular complexity index is 601. The standard InChI is InChI=1S/C9H5ClFIN4O/c10-4-1-2-6(8(12)7(4)11)16-3-5(9(13)17)14-15-16/h1-3H,(H2,13,17). The van der Waals surface area contributed by atoms with Crippen LogP contribution in [0.1, 0.15) is 10.5 Å². The van der Waals surface area contributed by atoms with Crippen molar-refractivity contribution in [3.63, 3.8) is 0 Å². The molecule has 0 bridgehead atoms. The Morgan fingerprint density at radius 1 is 1.53 bits per heavy atom. The Kier molecular flexibility index (Phi) is 3.29. The van der Waals surface area contributed by atoms with E-state index >= 15 is 0 Å². The highest BCUT2D eigenvalue weighted by molar-refractivity contribution is 14.1. The molecule has 0 spiro atoms. The molecule has 0 saturated heterocycles. The summed E-state index contributed by atoms with van der Waals surface area (Å²) in [4.78, 5) is 10.9. The van der Waals surface area contributed by atoms with E-state index in [9.17, 15) is 9.18 Å². The van der Waals surface area contributed by atoms with Gasteiger partial charge in [0.15, 0.2) is 11.5 Å². The van der Waals surface area contributed by atoms with Gasteiger partial charge < -0.3 is 5.73 Å². The summed E-state index contributed by atoms with van der Waals surface area (Å²) in [5.41, 5.74) is 5.49. The Labute approximate surface area is 114 Å². The molecule has 0 aliphatic heterocycles. The maximum Gasteiger partial charge on any atom is 0.270 e. The molecule has 5 nitrogen and oxygen atoms in total. The van der Waals surface area contributed by atoms with Gasteiger partial charge in [-0.3, -0.25) is 4.79 Å². The van der Waals surface area contributed by atoms with Crippen molar-refractivity contribution in [3.05, 3.63) is 38.4 Å². The summed E-state index contributed by atoms with van der Waals surface area (Å²) in [6.45, 7) is 0. The van der Waals surface area contributed by atoms with Crippen LogP contribution in [-0.2, 0) is 0 Å². The van der Waals surface area contributed by atoms with E-state index in [1.807, 2.05) is 0 Å². The number of halogens is 3. The second-order valence-electron chi connectivity index (χ2n) is 3.11. The molecule has 0 aliphatic carbocycles. The van der Waals surface area contributed by atoms with Crippen LogP contribution in [0, 0.1) is 9.39 Å². The molecule has 1 aromatic heterocycles. The maximum atomic E-state index is 13.5. The van der Waals surface area contributed by atoms with Gasteiger partial charge >= 0.3 is 0 Å². The maximum absolute atomic E-state index is 13.5. The number of nitrogens with zero attached hydrogens (tertiary/aromatic N) is 3. The predicted octanol–water partition coefficient (Wildman–Crippen LogP) is 1.76. The van der Waals surface area contributed by atoms with Gasteiger partial charge in [-0.15, -0.1) is 5.10 Å². The van der Waals surface area contributed by atoms with Crippen LogP contribution < -0.4 is 5.73 Å². The highest BCUT2D eigenvalue weighted by atomic mass is 127. The van der Waals surface area contributed by atoms with Gasteiger partial charge in [0.2, 0.25) is 0 Å². The topological polar surface area (TPSA) is 73.8 Å². The molecule has 0 unspecified atom stereocenters. The summed E-state index contributed by atoms with van der Waals surface area (Å²) in [6, 6.07) is 2.98. The zero-order valence-electron chi connectivity index (χ0n) is 8.19. The average Bonchev–Trinajstić information content (AvgIpc) is 2.75. The third-order valence-corrected chi connectivity index (χ3v) is 3.33. The van der Waals surface area contributed by atoms with Gasteiger partial charge in [-0.25, -0.2) is 9.07 Å². The van der Waals surface area contributed by atoms with Gasteiger partial charge in [0, 0.05) is 0 Å². The number of primary amides is 1. The molecule has 8 heteroatoms. The van der Waals surface area contributed by atoms with E-state index < -0.39 is 11.7 Å². The Balaban J connectivity index is 2.53. The van der Waals surface area contributed by atoms with E-state index in [0.29, 0.717) is 5.69 Å². The predicted molar refractivity (Wildman–Crippen MR) is 67.6 cm³/mol. The molecule has 2 aromatic rings. The third kappa shape index (κ3) is 2.25. The van der Waals surface area contributed by atoms with Crippen molar-refractivity contribution < 1.29 is 9.18 Å². The van der Waals surface area contributed by atoms with Crippen LogP contribution in [0.25, 0.3) is 5.69 Å². The SMILES string of the molecule is NC(=O)c1cn(-c2ccc(Cl)c(F)c2I)nn1. The highest BCUT2D eigenvalue weighted by Crippen LogP contribution is 2.25. The summed E-state index contributed by atoms with van der Waals surface area (Å²) in [6.07, 6.45) is 1.33. The Morgan fingerprint density at radius 2 is 2.24 bits per heavy atom. The van der Waals surface area contributed by atoms with E-state index in [2.05, 4.69) is 10.3 Å². The molecule has 1 heterocycles. The van der Waals surface area contributed by atoms with Crippen molar-refractivity contribution in [2.24, 2.45) is 5.73 Å². The van der Waals surface area contributed by atoms with Gasteiger partial charge in [0.25, 0.3) is 5.91 Å². The summed E-state index contributed by atoms with van der Waals surface area (Å²) >= 11 is 7.43. The van der Waals surface area contributed by atoms with Crippen molar-refractivity contribution in [1.29, 1.82) is 0 Å². The van der Waals surface area contributed by atoms with Gasteiger partial charge in [-0.1, -0.05) is 16.8 Å². The molecular formula is C9H5ClFIN4O. The number of rotatable bonds is 2. The largest absolute Gasteiger partial charge is 0.364 e. The number of aromatic nitrogens is 3. The third-order valence-electron chi connectivity index (χ3n) is 2.01. The minimum atomic E-state index is -0.694. The summed E-state index contributed by atoms with van der Waals surface area (Å²) in [5, 5.41) is 7.28. The summed E-state index contributed by atoms with van der Waals surface area (Å²) < 4.78 is 15.1. The normalized spacial score (nSPS) is 10.5. The molecule has 0 aliphatic rings. The van der Waals surface area contributed by atoms with E-state index in [0.717, 1.165) is 0 Å². The molecule has 0 saturated carbocycles. The lowest BCUT2D eigenvalue weighted by Gasteiger charge is -2.05. The minimum Gasteiger partial charge on any atom is -0.364 e. The van der Waals surface area contributed by atoms with Crippen molar-refractivity contribution in [2.45, 2.75) is 0 Å². The summed E-state index contributed by atoms with van der Waals surface area (Å²) in [5.74, 6) is -1.23. The molecule has 88 valence electrons. The Hall–Kier alpha value is -1.22. The fourth-order valence-corrected chi connectivity index (χ4v) is 2.22. The fourth-order valence-electron chi connectivity index (χ4n) is 1.19. The van der Waals surface area contributed by atoms with E-state index in [1.165, 1.54) is 16.9 Å². The molecular weight excluding hydrogens is 361 g/mol. The number of benzene rings is 1. The van der Waals surface area contributed by atoms with E-state index in [-0.39, 0.29) is 14.3 Å².